The number of hydrogen-bond acceptors (Lipinski definition) is 3. The van der Waals surface area contributed by atoms with E-state index in [9.17, 15) is 5.11 Å². The van der Waals surface area contributed by atoms with E-state index in [1.165, 1.54) is 0 Å². The van der Waals surface area contributed by atoms with Gasteiger partial charge in [-0.3, -0.25) is 0 Å². The van der Waals surface area contributed by atoms with Crippen molar-refractivity contribution in [3.8, 4) is 0 Å². The van der Waals surface area contributed by atoms with Crippen LogP contribution in [-0.2, 0) is 0 Å². The number of hydrogen-bond donors (Lipinski definition) is 3. The van der Waals surface area contributed by atoms with Crippen LogP contribution in [0.4, 0.5) is 11.4 Å². The summed E-state index contributed by atoms with van der Waals surface area (Å²) >= 11 is 0. The summed E-state index contributed by atoms with van der Waals surface area (Å²) in [6, 6.07) is 5.15. The first-order valence-corrected chi connectivity index (χ1v) is 3.97. The van der Waals surface area contributed by atoms with Crippen molar-refractivity contribution in [2.24, 2.45) is 0 Å². The Morgan fingerprint density at radius 1 is 1.25 bits per heavy atom. The highest BCUT2D eigenvalue weighted by molar-refractivity contribution is 5.54. The lowest BCUT2D eigenvalue weighted by atomic mass is 10.1. The summed E-state index contributed by atoms with van der Waals surface area (Å²) in [4.78, 5) is 0. The lowest BCUT2D eigenvalue weighted by Crippen LogP contribution is -1.99. The second-order valence-corrected chi connectivity index (χ2v) is 2.86. The first-order valence-electron chi connectivity index (χ1n) is 3.97. The summed E-state index contributed by atoms with van der Waals surface area (Å²) < 4.78 is 0. The molecule has 5 N–H and O–H groups in total. The van der Waals surface area contributed by atoms with Crippen molar-refractivity contribution in [2.45, 2.75) is 19.4 Å². The highest BCUT2D eigenvalue weighted by Crippen LogP contribution is 2.21. The first-order chi connectivity index (χ1) is 5.63. The number of aliphatic hydroxyl groups excluding tert-OH is 1. The third kappa shape index (κ3) is 1.89. The average molecular weight is 166 g/mol. The molecule has 66 valence electrons. The molecule has 0 heterocycles. The van der Waals surface area contributed by atoms with Crippen LogP contribution in [0, 0.1) is 0 Å². The standard InChI is InChI=1S/C9H14N2O/c1-2-9(12)6-3-7(10)5-8(11)4-6/h3-5,9,12H,2,10-11H2,1H3. The van der Waals surface area contributed by atoms with Crippen LogP contribution >= 0.6 is 0 Å². The molecular weight excluding hydrogens is 152 g/mol. The van der Waals surface area contributed by atoms with E-state index in [0.717, 1.165) is 5.56 Å². The molecule has 0 radical (unpaired) electrons. The molecule has 1 unspecified atom stereocenters. The fraction of sp³-hybridized carbons (Fsp3) is 0.333. The Hall–Kier alpha value is -1.22. The van der Waals surface area contributed by atoms with Crippen molar-refractivity contribution < 1.29 is 5.11 Å². The Morgan fingerprint density at radius 3 is 2.17 bits per heavy atom. The predicted molar refractivity (Wildman–Crippen MR) is 50.5 cm³/mol. The molecule has 1 atom stereocenters. The number of nitrogen functional groups attached to an aromatic ring is 2. The van der Waals surface area contributed by atoms with E-state index in [-0.39, 0.29) is 0 Å². The third-order valence-electron chi connectivity index (χ3n) is 1.77. The molecule has 0 aliphatic rings. The number of rotatable bonds is 2. The van der Waals surface area contributed by atoms with E-state index in [0.29, 0.717) is 17.8 Å². The van der Waals surface area contributed by atoms with E-state index in [1.54, 1.807) is 18.2 Å². The maximum atomic E-state index is 9.47. The lowest BCUT2D eigenvalue weighted by molar-refractivity contribution is 0.174. The molecule has 0 saturated carbocycles. The normalized spacial score (nSPS) is 12.8. The van der Waals surface area contributed by atoms with Gasteiger partial charge in [-0.05, 0) is 30.2 Å². The van der Waals surface area contributed by atoms with Crippen LogP contribution in [0.2, 0.25) is 0 Å². The number of benzene rings is 1. The van der Waals surface area contributed by atoms with E-state index < -0.39 is 6.10 Å². The second kappa shape index (κ2) is 3.45. The fourth-order valence-electron chi connectivity index (χ4n) is 1.13. The van der Waals surface area contributed by atoms with Crippen molar-refractivity contribution in [2.75, 3.05) is 11.5 Å². The zero-order chi connectivity index (χ0) is 9.14. The molecule has 3 nitrogen and oxygen atoms in total. The van der Waals surface area contributed by atoms with Gasteiger partial charge in [0.1, 0.15) is 0 Å². The number of aliphatic hydroxyl groups is 1. The van der Waals surface area contributed by atoms with Gasteiger partial charge in [0.15, 0.2) is 0 Å². The molecule has 0 spiro atoms. The van der Waals surface area contributed by atoms with Gasteiger partial charge in [0.05, 0.1) is 6.10 Å². The van der Waals surface area contributed by atoms with Gasteiger partial charge < -0.3 is 16.6 Å². The van der Waals surface area contributed by atoms with E-state index in [1.807, 2.05) is 6.92 Å². The molecule has 1 aromatic carbocycles. The van der Waals surface area contributed by atoms with Crippen LogP contribution in [0.5, 0.6) is 0 Å². The van der Waals surface area contributed by atoms with Crippen LogP contribution < -0.4 is 11.5 Å². The fourth-order valence-corrected chi connectivity index (χ4v) is 1.13. The molecule has 0 fully saturated rings. The van der Waals surface area contributed by atoms with Gasteiger partial charge >= 0.3 is 0 Å². The molecule has 0 amide bonds. The Bertz CT molecular complexity index is 253. The number of nitrogens with two attached hydrogens (primary N) is 2. The highest BCUT2D eigenvalue weighted by Gasteiger charge is 2.05. The second-order valence-electron chi connectivity index (χ2n) is 2.86. The molecular formula is C9H14N2O. The van der Waals surface area contributed by atoms with Gasteiger partial charge in [0.2, 0.25) is 0 Å². The maximum absolute atomic E-state index is 9.47. The van der Waals surface area contributed by atoms with Crippen LogP contribution in [0.3, 0.4) is 0 Å². The van der Waals surface area contributed by atoms with Gasteiger partial charge in [-0.15, -0.1) is 0 Å². The minimum Gasteiger partial charge on any atom is -0.399 e. The molecule has 0 bridgehead atoms. The van der Waals surface area contributed by atoms with Crippen molar-refractivity contribution in [1.82, 2.24) is 0 Å². The van der Waals surface area contributed by atoms with Crippen molar-refractivity contribution in [3.05, 3.63) is 23.8 Å². The monoisotopic (exact) mass is 166 g/mol. The first kappa shape index (κ1) is 8.87. The smallest absolute Gasteiger partial charge is 0.0788 e. The van der Waals surface area contributed by atoms with Gasteiger partial charge in [0.25, 0.3) is 0 Å². The molecule has 0 aromatic heterocycles. The minimum atomic E-state index is -0.462. The van der Waals surface area contributed by atoms with Gasteiger partial charge in [0, 0.05) is 11.4 Å². The summed E-state index contributed by atoms with van der Waals surface area (Å²) in [6.45, 7) is 1.91. The molecule has 12 heavy (non-hydrogen) atoms. The van der Waals surface area contributed by atoms with Crippen molar-refractivity contribution in [3.63, 3.8) is 0 Å². The molecule has 0 aliphatic heterocycles. The summed E-state index contributed by atoms with van der Waals surface area (Å²) in [5.74, 6) is 0. The Labute approximate surface area is 72.0 Å². The van der Waals surface area contributed by atoms with Crippen molar-refractivity contribution >= 4 is 11.4 Å². The van der Waals surface area contributed by atoms with Crippen LogP contribution in [-0.4, -0.2) is 5.11 Å². The summed E-state index contributed by atoms with van der Waals surface area (Å²) in [5, 5.41) is 9.47. The minimum absolute atomic E-state index is 0.462. The molecule has 1 aromatic rings. The lowest BCUT2D eigenvalue weighted by Gasteiger charge is -2.09. The number of anilines is 2. The van der Waals surface area contributed by atoms with Crippen LogP contribution in [0.15, 0.2) is 18.2 Å². The molecule has 3 heteroatoms. The van der Waals surface area contributed by atoms with Crippen LogP contribution in [0.25, 0.3) is 0 Å². The maximum Gasteiger partial charge on any atom is 0.0788 e. The summed E-state index contributed by atoms with van der Waals surface area (Å²) in [6.07, 6.45) is 0.207. The Morgan fingerprint density at radius 2 is 1.75 bits per heavy atom. The quantitative estimate of drug-likeness (QED) is 0.580. The predicted octanol–water partition coefficient (Wildman–Crippen LogP) is 1.29. The van der Waals surface area contributed by atoms with E-state index in [4.69, 9.17) is 11.5 Å². The molecule has 0 saturated heterocycles. The topological polar surface area (TPSA) is 72.3 Å². The summed E-state index contributed by atoms with van der Waals surface area (Å²) in [7, 11) is 0. The molecule has 1 rings (SSSR count). The Balaban J connectivity index is 3.00. The SMILES string of the molecule is CCC(O)c1cc(N)cc(N)c1. The Kier molecular flexibility index (Phi) is 2.55. The largest absolute Gasteiger partial charge is 0.399 e. The average Bonchev–Trinajstić information content (AvgIpc) is 2.01. The van der Waals surface area contributed by atoms with Gasteiger partial charge in [-0.2, -0.15) is 0 Å². The van der Waals surface area contributed by atoms with Crippen LogP contribution in [0.1, 0.15) is 25.0 Å². The summed E-state index contributed by atoms with van der Waals surface area (Å²) in [5.41, 5.74) is 13.1. The van der Waals surface area contributed by atoms with Crippen molar-refractivity contribution in [1.29, 1.82) is 0 Å². The zero-order valence-electron chi connectivity index (χ0n) is 7.12. The van der Waals surface area contributed by atoms with Gasteiger partial charge in [-0.25, -0.2) is 0 Å². The zero-order valence-corrected chi connectivity index (χ0v) is 7.12. The molecule has 0 aliphatic carbocycles. The van der Waals surface area contributed by atoms with Gasteiger partial charge in [-0.1, -0.05) is 6.92 Å². The highest BCUT2D eigenvalue weighted by atomic mass is 16.3. The van der Waals surface area contributed by atoms with E-state index in [2.05, 4.69) is 0 Å². The van der Waals surface area contributed by atoms with E-state index >= 15 is 0 Å². The third-order valence-corrected chi connectivity index (χ3v) is 1.77.